The molecule has 2 aromatic carbocycles. The Morgan fingerprint density at radius 1 is 1.11 bits per heavy atom. The maximum absolute atomic E-state index is 12.8. The number of hydrogen-bond donors (Lipinski definition) is 2. The molecule has 0 saturated carbocycles. The van der Waals surface area contributed by atoms with Crippen LogP contribution in [0.15, 0.2) is 64.6 Å². The third-order valence-corrected chi connectivity index (χ3v) is 5.03. The van der Waals surface area contributed by atoms with Gasteiger partial charge in [0, 0.05) is 30.0 Å². The third-order valence-electron chi connectivity index (χ3n) is 4.50. The lowest BCUT2D eigenvalue weighted by Gasteiger charge is -2.25. The molecule has 1 atom stereocenters. The Labute approximate surface area is 171 Å². The van der Waals surface area contributed by atoms with Gasteiger partial charge >= 0.3 is 0 Å². The van der Waals surface area contributed by atoms with E-state index in [4.69, 9.17) is 0 Å². The van der Waals surface area contributed by atoms with Crippen LogP contribution in [0, 0.1) is 0 Å². The van der Waals surface area contributed by atoms with Crippen LogP contribution in [0.3, 0.4) is 0 Å². The molecule has 1 fully saturated rings. The summed E-state index contributed by atoms with van der Waals surface area (Å²) in [6, 6.07) is 15.1. The number of halogens is 1. The second-order valence-corrected chi connectivity index (χ2v) is 7.31. The summed E-state index contributed by atoms with van der Waals surface area (Å²) in [4.78, 5) is 38.0. The van der Waals surface area contributed by atoms with E-state index in [1.807, 2.05) is 12.1 Å². The first-order chi connectivity index (χ1) is 13.4. The zero-order chi connectivity index (χ0) is 20.3. The highest BCUT2D eigenvalue weighted by atomic mass is 79.9. The summed E-state index contributed by atoms with van der Waals surface area (Å²) >= 11 is 3.38. The van der Waals surface area contributed by atoms with Gasteiger partial charge in [0.1, 0.15) is 5.76 Å². The average Bonchev–Trinajstić information content (AvgIpc) is 2.93. The highest BCUT2D eigenvalue weighted by molar-refractivity contribution is 9.10. The Balaban J connectivity index is 2.08. The van der Waals surface area contributed by atoms with Gasteiger partial charge in [0.05, 0.1) is 11.6 Å². The molecule has 0 unspecified atom stereocenters. The lowest BCUT2D eigenvalue weighted by Crippen LogP contribution is -2.37. The van der Waals surface area contributed by atoms with Crippen LogP contribution in [0.5, 0.6) is 0 Å². The Kier molecular flexibility index (Phi) is 5.94. The first-order valence-corrected chi connectivity index (χ1v) is 9.53. The minimum Gasteiger partial charge on any atom is -0.507 e. The molecular weight excluding hydrogens is 424 g/mol. The second kappa shape index (κ2) is 8.39. The first kappa shape index (κ1) is 19.8. The molecule has 0 bridgehead atoms. The zero-order valence-corrected chi connectivity index (χ0v) is 16.8. The summed E-state index contributed by atoms with van der Waals surface area (Å²) in [5.74, 6) is -1.87. The van der Waals surface area contributed by atoms with Gasteiger partial charge in [-0.15, -0.1) is 0 Å². The SMILES string of the molecule is CC(=O)NCCN1C(=O)C(=O)C(=C(O)c2ccccc2)[C@H]1c1ccc(Br)cc1. The van der Waals surface area contributed by atoms with E-state index in [2.05, 4.69) is 21.2 Å². The van der Waals surface area contributed by atoms with Crippen LogP contribution in [-0.2, 0) is 14.4 Å². The molecule has 7 heteroatoms. The Morgan fingerprint density at radius 3 is 2.36 bits per heavy atom. The molecule has 0 radical (unpaired) electrons. The Bertz CT molecular complexity index is 939. The van der Waals surface area contributed by atoms with E-state index in [-0.39, 0.29) is 30.3 Å². The average molecular weight is 443 g/mol. The lowest BCUT2D eigenvalue weighted by molar-refractivity contribution is -0.139. The minimum atomic E-state index is -0.739. The van der Waals surface area contributed by atoms with Crippen molar-refractivity contribution < 1.29 is 19.5 Å². The molecule has 1 aliphatic rings. The van der Waals surface area contributed by atoms with E-state index < -0.39 is 17.7 Å². The first-order valence-electron chi connectivity index (χ1n) is 8.74. The fraction of sp³-hybridized carbons (Fsp3) is 0.190. The summed E-state index contributed by atoms with van der Waals surface area (Å²) in [6.07, 6.45) is 0. The van der Waals surface area contributed by atoms with Crippen molar-refractivity contribution in [3.05, 3.63) is 75.8 Å². The number of nitrogens with one attached hydrogen (secondary N) is 1. The molecule has 144 valence electrons. The quantitative estimate of drug-likeness (QED) is 0.423. The molecule has 1 saturated heterocycles. The van der Waals surface area contributed by atoms with Gasteiger partial charge in [0.25, 0.3) is 11.7 Å². The van der Waals surface area contributed by atoms with Crippen molar-refractivity contribution in [2.75, 3.05) is 13.1 Å². The van der Waals surface area contributed by atoms with E-state index in [1.54, 1.807) is 42.5 Å². The molecule has 0 aromatic heterocycles. The molecule has 28 heavy (non-hydrogen) atoms. The molecule has 0 aliphatic carbocycles. The Hall–Kier alpha value is -2.93. The predicted molar refractivity (Wildman–Crippen MR) is 108 cm³/mol. The number of carbonyl (C=O) groups is 3. The third kappa shape index (κ3) is 3.99. The summed E-state index contributed by atoms with van der Waals surface area (Å²) in [5.41, 5.74) is 1.20. The number of aliphatic hydroxyl groups excluding tert-OH is 1. The summed E-state index contributed by atoms with van der Waals surface area (Å²) in [7, 11) is 0. The van der Waals surface area contributed by atoms with E-state index in [0.29, 0.717) is 11.1 Å². The van der Waals surface area contributed by atoms with Gasteiger partial charge in [-0.05, 0) is 17.7 Å². The van der Waals surface area contributed by atoms with E-state index in [9.17, 15) is 19.5 Å². The number of hydrogen-bond acceptors (Lipinski definition) is 4. The van der Waals surface area contributed by atoms with E-state index in [1.165, 1.54) is 11.8 Å². The number of aliphatic hydroxyl groups is 1. The van der Waals surface area contributed by atoms with Crippen LogP contribution in [-0.4, -0.2) is 40.7 Å². The highest BCUT2D eigenvalue weighted by Crippen LogP contribution is 2.39. The standard InChI is InChI=1S/C21H19BrN2O4/c1-13(25)23-11-12-24-18(14-7-9-16(22)10-8-14)17(20(27)21(24)28)19(26)15-5-3-2-4-6-15/h2-10,18,26H,11-12H2,1H3,(H,23,25)/t18-/m1/s1. The highest BCUT2D eigenvalue weighted by Gasteiger charge is 2.45. The van der Waals surface area contributed by atoms with Crippen LogP contribution in [0.25, 0.3) is 5.76 Å². The number of Topliss-reactive ketones (excluding diaryl/α,β-unsaturated/α-hetero) is 1. The van der Waals surface area contributed by atoms with Crippen LogP contribution in [0.1, 0.15) is 24.1 Å². The van der Waals surface area contributed by atoms with Crippen LogP contribution in [0.4, 0.5) is 0 Å². The van der Waals surface area contributed by atoms with Gasteiger partial charge in [0.2, 0.25) is 5.91 Å². The van der Waals surface area contributed by atoms with Gasteiger partial charge < -0.3 is 15.3 Å². The summed E-state index contributed by atoms with van der Waals surface area (Å²) in [5, 5.41) is 13.5. The normalized spacial score (nSPS) is 18.4. The predicted octanol–water partition coefficient (Wildman–Crippen LogP) is 3.01. The van der Waals surface area contributed by atoms with Crippen molar-refractivity contribution >= 4 is 39.3 Å². The fourth-order valence-corrected chi connectivity index (χ4v) is 3.47. The zero-order valence-electron chi connectivity index (χ0n) is 15.2. The summed E-state index contributed by atoms with van der Waals surface area (Å²) < 4.78 is 0.856. The van der Waals surface area contributed by atoms with Gasteiger partial charge in [-0.3, -0.25) is 14.4 Å². The minimum absolute atomic E-state index is 0.0429. The van der Waals surface area contributed by atoms with Crippen LogP contribution in [0.2, 0.25) is 0 Å². The fourth-order valence-electron chi connectivity index (χ4n) is 3.21. The molecule has 2 amide bonds. The van der Waals surface area contributed by atoms with Crippen molar-refractivity contribution in [2.45, 2.75) is 13.0 Å². The van der Waals surface area contributed by atoms with Gasteiger partial charge in [-0.1, -0.05) is 58.4 Å². The van der Waals surface area contributed by atoms with Gasteiger partial charge in [0.15, 0.2) is 0 Å². The number of rotatable bonds is 5. The van der Waals surface area contributed by atoms with Gasteiger partial charge in [-0.2, -0.15) is 0 Å². The largest absolute Gasteiger partial charge is 0.507 e. The number of benzene rings is 2. The number of ketones is 1. The van der Waals surface area contributed by atoms with Gasteiger partial charge in [-0.25, -0.2) is 0 Å². The van der Waals surface area contributed by atoms with E-state index in [0.717, 1.165) is 4.47 Å². The Morgan fingerprint density at radius 2 is 1.75 bits per heavy atom. The molecule has 3 rings (SSSR count). The second-order valence-electron chi connectivity index (χ2n) is 6.39. The summed E-state index contributed by atoms with van der Waals surface area (Å²) in [6.45, 7) is 1.74. The van der Waals surface area contributed by atoms with Crippen molar-refractivity contribution in [1.82, 2.24) is 10.2 Å². The topological polar surface area (TPSA) is 86.7 Å². The number of carbonyl (C=O) groups excluding carboxylic acids is 3. The molecule has 2 N–H and O–H groups in total. The smallest absolute Gasteiger partial charge is 0.295 e. The number of amides is 2. The van der Waals surface area contributed by atoms with Crippen molar-refractivity contribution in [3.63, 3.8) is 0 Å². The van der Waals surface area contributed by atoms with Crippen LogP contribution >= 0.6 is 15.9 Å². The molecule has 6 nitrogen and oxygen atoms in total. The number of nitrogens with zero attached hydrogens (tertiary/aromatic N) is 1. The maximum atomic E-state index is 12.8. The monoisotopic (exact) mass is 442 g/mol. The maximum Gasteiger partial charge on any atom is 0.295 e. The van der Waals surface area contributed by atoms with Crippen LogP contribution < -0.4 is 5.32 Å². The van der Waals surface area contributed by atoms with E-state index >= 15 is 0 Å². The molecule has 1 heterocycles. The van der Waals surface area contributed by atoms with Crippen molar-refractivity contribution in [1.29, 1.82) is 0 Å². The molecular formula is C21H19BrN2O4. The molecule has 2 aromatic rings. The lowest BCUT2D eigenvalue weighted by atomic mass is 9.95. The molecule has 1 aliphatic heterocycles. The van der Waals surface area contributed by atoms with Crippen molar-refractivity contribution in [3.8, 4) is 0 Å². The number of likely N-dealkylation sites (tertiary alicyclic amines) is 1. The molecule has 0 spiro atoms. The van der Waals surface area contributed by atoms with Crippen molar-refractivity contribution in [2.24, 2.45) is 0 Å².